The van der Waals surface area contributed by atoms with Gasteiger partial charge in [0.2, 0.25) is 0 Å². The number of nitrogens with zero attached hydrogens (tertiary/aromatic N) is 1. The summed E-state index contributed by atoms with van der Waals surface area (Å²) < 4.78 is 5.48. The summed E-state index contributed by atoms with van der Waals surface area (Å²) in [6, 6.07) is 30.2. The lowest BCUT2D eigenvalue weighted by Gasteiger charge is -2.29. The van der Waals surface area contributed by atoms with Crippen LogP contribution >= 0.6 is 12.2 Å². The van der Waals surface area contributed by atoms with Gasteiger partial charge in [0.05, 0.1) is 18.2 Å². The molecule has 0 bridgehead atoms. The van der Waals surface area contributed by atoms with Gasteiger partial charge < -0.3 is 14.6 Å². The molecule has 1 fully saturated rings. The molecule has 3 aromatic carbocycles. The van der Waals surface area contributed by atoms with E-state index in [1.54, 1.807) is 0 Å². The minimum Gasteiger partial charge on any atom is -0.378 e. The monoisotopic (exact) mass is 426 g/mol. The van der Waals surface area contributed by atoms with Crippen molar-refractivity contribution in [2.45, 2.75) is 12.3 Å². The summed E-state index contributed by atoms with van der Waals surface area (Å²) in [5.41, 5.74) is 6.21. The third kappa shape index (κ3) is 4.27. The maximum Gasteiger partial charge on any atom is 0.0825 e. The van der Waals surface area contributed by atoms with Crippen molar-refractivity contribution < 1.29 is 4.74 Å². The fourth-order valence-electron chi connectivity index (χ4n) is 4.48. The molecule has 0 radical (unpaired) electrons. The zero-order valence-electron chi connectivity index (χ0n) is 17.5. The smallest absolute Gasteiger partial charge is 0.0825 e. The highest BCUT2D eigenvalue weighted by Gasteiger charge is 2.20. The first-order valence-corrected chi connectivity index (χ1v) is 11.3. The Labute approximate surface area is 188 Å². The molecule has 1 aliphatic heterocycles. The molecule has 5 rings (SSSR count). The van der Waals surface area contributed by atoms with Crippen LogP contribution in [0.4, 0.5) is 0 Å². The zero-order chi connectivity index (χ0) is 21.0. The van der Waals surface area contributed by atoms with E-state index in [0.717, 1.165) is 43.2 Å². The third-order valence-corrected chi connectivity index (χ3v) is 6.46. The molecule has 0 amide bonds. The number of aromatic nitrogens is 1. The number of ether oxygens (including phenoxy) is 1. The third-order valence-electron chi connectivity index (χ3n) is 6.06. The summed E-state index contributed by atoms with van der Waals surface area (Å²) in [5.74, 6) is 0.161. The molecule has 1 aliphatic rings. The van der Waals surface area contributed by atoms with E-state index in [1.165, 1.54) is 27.8 Å². The number of hydrogen-bond donors (Lipinski definition) is 1. The van der Waals surface area contributed by atoms with Gasteiger partial charge in [0.25, 0.3) is 0 Å². The van der Waals surface area contributed by atoms with Crippen molar-refractivity contribution in [3.63, 3.8) is 0 Å². The molecule has 31 heavy (non-hydrogen) atoms. The minimum absolute atomic E-state index is 0.161. The lowest BCUT2D eigenvalue weighted by atomic mass is 9.88. The Bertz CT molecular complexity index is 1120. The largest absolute Gasteiger partial charge is 0.378 e. The molecule has 2 heterocycles. The van der Waals surface area contributed by atoms with Crippen molar-refractivity contribution in [1.82, 2.24) is 9.88 Å². The van der Waals surface area contributed by atoms with E-state index in [-0.39, 0.29) is 5.92 Å². The van der Waals surface area contributed by atoms with Crippen LogP contribution in [0.5, 0.6) is 0 Å². The highest BCUT2D eigenvalue weighted by atomic mass is 32.1. The minimum atomic E-state index is 0.161. The van der Waals surface area contributed by atoms with E-state index in [4.69, 9.17) is 17.0 Å². The first-order valence-electron chi connectivity index (χ1n) is 10.9. The van der Waals surface area contributed by atoms with Crippen molar-refractivity contribution >= 4 is 28.1 Å². The van der Waals surface area contributed by atoms with Gasteiger partial charge >= 0.3 is 0 Å². The molecule has 0 atom stereocenters. The summed E-state index contributed by atoms with van der Waals surface area (Å²) in [7, 11) is 0. The van der Waals surface area contributed by atoms with Crippen LogP contribution in [0.2, 0.25) is 0 Å². The molecule has 0 spiro atoms. The van der Waals surface area contributed by atoms with Crippen molar-refractivity contribution in [2.75, 3.05) is 26.3 Å². The molecule has 4 heteroatoms. The highest BCUT2D eigenvalue weighted by Crippen LogP contribution is 2.34. The van der Waals surface area contributed by atoms with Crippen molar-refractivity contribution in [3.05, 3.63) is 107 Å². The van der Waals surface area contributed by atoms with E-state index in [9.17, 15) is 0 Å². The topological polar surface area (TPSA) is 28.3 Å². The first-order chi connectivity index (χ1) is 15.3. The number of rotatable bonds is 5. The molecule has 0 saturated carbocycles. The van der Waals surface area contributed by atoms with Crippen LogP contribution in [0.1, 0.15) is 28.3 Å². The Morgan fingerprint density at radius 1 is 0.871 bits per heavy atom. The predicted octanol–water partition coefficient (Wildman–Crippen LogP) is 5.55. The molecule has 156 valence electrons. The van der Waals surface area contributed by atoms with Crippen LogP contribution in [-0.2, 0) is 11.2 Å². The van der Waals surface area contributed by atoms with Gasteiger partial charge in [-0.25, -0.2) is 0 Å². The van der Waals surface area contributed by atoms with Gasteiger partial charge in [0, 0.05) is 42.0 Å². The van der Waals surface area contributed by atoms with Gasteiger partial charge in [-0.15, -0.1) is 0 Å². The molecular weight excluding hydrogens is 400 g/mol. The van der Waals surface area contributed by atoms with E-state index in [2.05, 4.69) is 94.8 Å². The summed E-state index contributed by atoms with van der Waals surface area (Å²) in [6.45, 7) is 3.29. The van der Waals surface area contributed by atoms with Crippen LogP contribution in [0.25, 0.3) is 10.9 Å². The number of fused-ring (bicyclic) bond motifs is 1. The lowest BCUT2D eigenvalue weighted by Crippen LogP contribution is -2.40. The van der Waals surface area contributed by atoms with Crippen molar-refractivity contribution in [3.8, 4) is 0 Å². The van der Waals surface area contributed by atoms with Crippen LogP contribution < -0.4 is 0 Å². The summed E-state index contributed by atoms with van der Waals surface area (Å²) in [6.07, 6.45) is 0.783. The first kappa shape index (κ1) is 20.0. The molecule has 0 aliphatic carbocycles. The van der Waals surface area contributed by atoms with Gasteiger partial charge in [0.1, 0.15) is 0 Å². The Balaban J connectivity index is 1.52. The van der Waals surface area contributed by atoms with E-state index >= 15 is 0 Å². The number of aromatic amines is 1. The normalized spacial score (nSPS) is 14.3. The Morgan fingerprint density at radius 2 is 1.52 bits per heavy atom. The zero-order valence-corrected chi connectivity index (χ0v) is 18.3. The average Bonchev–Trinajstić information content (AvgIpc) is 3.26. The van der Waals surface area contributed by atoms with Gasteiger partial charge in [-0.05, 0) is 28.8 Å². The van der Waals surface area contributed by atoms with Crippen LogP contribution in [0.15, 0.2) is 84.9 Å². The molecule has 0 unspecified atom stereocenters. The maximum absolute atomic E-state index is 5.79. The lowest BCUT2D eigenvalue weighted by molar-refractivity contribution is 0.0685. The standard InChI is InChI=1S/C27H26N2OS/c31-26(29-14-16-30-17-15-29)18-22-12-7-13-24-23(22)19-25(28-24)27(20-8-3-1-4-9-20)21-10-5-2-6-11-21/h1-13,19,27-28H,14-18H2. The number of morpholine rings is 1. The fourth-order valence-corrected chi connectivity index (χ4v) is 4.82. The van der Waals surface area contributed by atoms with Crippen molar-refractivity contribution in [2.24, 2.45) is 0 Å². The van der Waals surface area contributed by atoms with E-state index in [1.807, 2.05) is 0 Å². The summed E-state index contributed by atoms with van der Waals surface area (Å²) >= 11 is 5.79. The SMILES string of the molecule is S=C(Cc1cccc2[nH]c(C(c3ccccc3)c3ccccc3)cc12)N1CCOCC1. The van der Waals surface area contributed by atoms with Crippen LogP contribution in [0.3, 0.4) is 0 Å². The summed E-state index contributed by atoms with van der Waals surface area (Å²) in [4.78, 5) is 6.99. The summed E-state index contributed by atoms with van der Waals surface area (Å²) in [5, 5.41) is 1.25. The van der Waals surface area contributed by atoms with Crippen molar-refractivity contribution in [1.29, 1.82) is 0 Å². The quantitative estimate of drug-likeness (QED) is 0.424. The van der Waals surface area contributed by atoms with E-state index < -0.39 is 0 Å². The molecule has 3 nitrogen and oxygen atoms in total. The highest BCUT2D eigenvalue weighted by molar-refractivity contribution is 7.80. The Kier molecular flexibility index (Phi) is 5.83. The second-order valence-corrected chi connectivity index (χ2v) is 8.50. The number of nitrogens with one attached hydrogen (secondary N) is 1. The fraction of sp³-hybridized carbons (Fsp3) is 0.222. The molecule has 4 aromatic rings. The van der Waals surface area contributed by atoms with E-state index in [0.29, 0.717) is 0 Å². The number of hydrogen-bond acceptors (Lipinski definition) is 2. The second-order valence-electron chi connectivity index (χ2n) is 8.03. The van der Waals surface area contributed by atoms with Gasteiger partial charge in [-0.2, -0.15) is 0 Å². The molecule has 1 N–H and O–H groups in total. The predicted molar refractivity (Wildman–Crippen MR) is 131 cm³/mol. The second kappa shape index (κ2) is 9.04. The van der Waals surface area contributed by atoms with Crippen LogP contribution in [-0.4, -0.2) is 41.2 Å². The Morgan fingerprint density at radius 3 is 2.16 bits per heavy atom. The maximum atomic E-state index is 5.79. The molecular formula is C27H26N2OS. The number of thiocarbonyl (C=S) groups is 1. The molecule has 1 aromatic heterocycles. The molecule has 1 saturated heterocycles. The van der Waals surface area contributed by atoms with Gasteiger partial charge in [-0.3, -0.25) is 0 Å². The van der Waals surface area contributed by atoms with Gasteiger partial charge in [0.15, 0.2) is 0 Å². The van der Waals surface area contributed by atoms with Crippen LogP contribution in [0, 0.1) is 0 Å². The number of benzene rings is 3. The van der Waals surface area contributed by atoms with Gasteiger partial charge in [-0.1, -0.05) is 85.0 Å². The average molecular weight is 427 g/mol. The Hall–Kier alpha value is -2.95. The number of H-pyrrole nitrogens is 1.